The van der Waals surface area contributed by atoms with Gasteiger partial charge in [-0.2, -0.15) is 5.10 Å². The molecule has 25 heavy (non-hydrogen) atoms. The predicted molar refractivity (Wildman–Crippen MR) is 107 cm³/mol. The molecule has 1 aromatic rings. The standard InChI is InChI=1S/C13H24N6O4S.HI/c1-4-14-13(17-11(2)5-8-24(3,22)23)15-6-7-18-10-12(9-16-18)19(20)21;/h9-11H,4-8H2,1-3H3,(H2,14,15,17);1H. The first kappa shape index (κ1) is 23.6. The van der Waals surface area contributed by atoms with E-state index in [2.05, 4.69) is 20.7 Å². The number of hydrogen-bond donors (Lipinski definition) is 2. The van der Waals surface area contributed by atoms with E-state index in [1.807, 2.05) is 13.8 Å². The maximum atomic E-state index is 11.2. The molecule has 1 unspecified atom stereocenters. The van der Waals surface area contributed by atoms with Crippen LogP contribution in [0.2, 0.25) is 0 Å². The number of aromatic nitrogens is 2. The average molecular weight is 488 g/mol. The van der Waals surface area contributed by atoms with Crippen molar-refractivity contribution in [2.75, 3.05) is 25.1 Å². The van der Waals surface area contributed by atoms with Crippen molar-refractivity contribution in [3.8, 4) is 0 Å². The highest BCUT2D eigenvalue weighted by atomic mass is 127. The van der Waals surface area contributed by atoms with Gasteiger partial charge in [-0.05, 0) is 20.3 Å². The average Bonchev–Trinajstić information content (AvgIpc) is 2.94. The topological polar surface area (TPSA) is 132 Å². The third-order valence-electron chi connectivity index (χ3n) is 3.08. The van der Waals surface area contributed by atoms with Crippen LogP contribution in [0.15, 0.2) is 17.4 Å². The molecule has 0 aliphatic carbocycles. The molecule has 0 radical (unpaired) electrons. The molecule has 0 saturated carbocycles. The van der Waals surface area contributed by atoms with Gasteiger partial charge in [-0.3, -0.25) is 19.8 Å². The van der Waals surface area contributed by atoms with Crippen molar-refractivity contribution in [3.05, 3.63) is 22.5 Å². The van der Waals surface area contributed by atoms with Gasteiger partial charge in [-0.1, -0.05) is 0 Å². The molecule has 1 rings (SSSR count). The fraction of sp³-hybridized carbons (Fsp3) is 0.692. The summed E-state index contributed by atoms with van der Waals surface area (Å²) >= 11 is 0. The van der Waals surface area contributed by atoms with Gasteiger partial charge in [0, 0.05) is 18.8 Å². The summed E-state index contributed by atoms with van der Waals surface area (Å²) in [5.41, 5.74) is -0.0570. The Kier molecular flexibility index (Phi) is 10.6. The molecule has 12 heteroatoms. The van der Waals surface area contributed by atoms with Crippen molar-refractivity contribution in [3.63, 3.8) is 0 Å². The molecule has 0 fully saturated rings. The van der Waals surface area contributed by atoms with Crippen LogP contribution in [0.5, 0.6) is 0 Å². The van der Waals surface area contributed by atoms with E-state index >= 15 is 0 Å². The van der Waals surface area contributed by atoms with Gasteiger partial charge < -0.3 is 10.6 Å². The minimum atomic E-state index is -2.99. The number of nitrogens with zero attached hydrogens (tertiary/aromatic N) is 4. The van der Waals surface area contributed by atoms with Gasteiger partial charge in [0.25, 0.3) is 0 Å². The lowest BCUT2D eigenvalue weighted by atomic mass is 10.3. The lowest BCUT2D eigenvalue weighted by molar-refractivity contribution is -0.385. The number of aliphatic imine (C=N–C) groups is 1. The third kappa shape index (κ3) is 10.2. The predicted octanol–water partition coefficient (Wildman–Crippen LogP) is 0.788. The Balaban J connectivity index is 0.00000576. The normalized spacial score (nSPS) is 13.0. The van der Waals surface area contributed by atoms with E-state index in [0.29, 0.717) is 32.0 Å². The van der Waals surface area contributed by atoms with Crippen LogP contribution in [0, 0.1) is 10.1 Å². The van der Waals surface area contributed by atoms with Crippen molar-refractivity contribution in [2.24, 2.45) is 4.99 Å². The molecule has 1 aromatic heterocycles. The van der Waals surface area contributed by atoms with Crippen LogP contribution in [0.4, 0.5) is 5.69 Å². The van der Waals surface area contributed by atoms with Gasteiger partial charge in [-0.15, -0.1) is 24.0 Å². The van der Waals surface area contributed by atoms with Crippen LogP contribution < -0.4 is 10.6 Å². The molecule has 1 heterocycles. The Bertz CT molecular complexity index is 676. The molecular formula is C13H25IN6O4S. The molecule has 0 amide bonds. The first-order valence-corrected chi connectivity index (χ1v) is 9.66. The second kappa shape index (κ2) is 11.2. The van der Waals surface area contributed by atoms with E-state index in [-0.39, 0.29) is 41.5 Å². The van der Waals surface area contributed by atoms with E-state index < -0.39 is 14.8 Å². The Morgan fingerprint density at radius 3 is 2.72 bits per heavy atom. The second-order valence-electron chi connectivity index (χ2n) is 5.44. The second-order valence-corrected chi connectivity index (χ2v) is 7.70. The number of guanidine groups is 1. The first-order chi connectivity index (χ1) is 11.2. The Morgan fingerprint density at radius 1 is 1.52 bits per heavy atom. The number of nitrogens with one attached hydrogen (secondary N) is 2. The van der Waals surface area contributed by atoms with Gasteiger partial charge in [0.05, 0.1) is 23.8 Å². The van der Waals surface area contributed by atoms with Crippen molar-refractivity contribution >= 4 is 45.5 Å². The summed E-state index contributed by atoms with van der Waals surface area (Å²) in [6, 6.07) is -0.0525. The summed E-state index contributed by atoms with van der Waals surface area (Å²) in [6.07, 6.45) is 4.24. The smallest absolute Gasteiger partial charge is 0.306 e. The van der Waals surface area contributed by atoms with Crippen LogP contribution in [0.25, 0.3) is 0 Å². The van der Waals surface area contributed by atoms with E-state index in [1.54, 1.807) is 0 Å². The summed E-state index contributed by atoms with van der Waals surface area (Å²) in [4.78, 5) is 14.5. The summed E-state index contributed by atoms with van der Waals surface area (Å²) in [5, 5.41) is 20.7. The van der Waals surface area contributed by atoms with E-state index in [4.69, 9.17) is 0 Å². The zero-order chi connectivity index (χ0) is 18.2. The van der Waals surface area contributed by atoms with Crippen molar-refractivity contribution in [1.29, 1.82) is 0 Å². The van der Waals surface area contributed by atoms with Gasteiger partial charge in [0.1, 0.15) is 22.2 Å². The Hall–Kier alpha value is -1.44. The summed E-state index contributed by atoms with van der Waals surface area (Å²) in [7, 11) is -2.99. The lowest BCUT2D eigenvalue weighted by Gasteiger charge is -2.17. The van der Waals surface area contributed by atoms with Crippen molar-refractivity contribution in [1.82, 2.24) is 20.4 Å². The van der Waals surface area contributed by atoms with E-state index in [1.165, 1.54) is 23.3 Å². The Morgan fingerprint density at radius 2 is 2.20 bits per heavy atom. The molecule has 0 bridgehead atoms. The molecule has 0 saturated heterocycles. The molecule has 0 aliphatic rings. The van der Waals surface area contributed by atoms with Crippen LogP contribution in [0.3, 0.4) is 0 Å². The van der Waals surface area contributed by atoms with Crippen LogP contribution in [0.1, 0.15) is 20.3 Å². The molecule has 1 atom stereocenters. The van der Waals surface area contributed by atoms with Crippen molar-refractivity contribution in [2.45, 2.75) is 32.9 Å². The number of hydrogen-bond acceptors (Lipinski definition) is 6. The molecule has 0 aliphatic heterocycles. The van der Waals surface area contributed by atoms with Crippen molar-refractivity contribution < 1.29 is 13.3 Å². The molecule has 2 N–H and O–H groups in total. The maximum Gasteiger partial charge on any atom is 0.306 e. The van der Waals surface area contributed by atoms with Crippen LogP contribution >= 0.6 is 24.0 Å². The SMILES string of the molecule is CCNC(=NCCn1cc([N+](=O)[O-])cn1)NC(C)CCS(C)(=O)=O.I. The van der Waals surface area contributed by atoms with Crippen LogP contribution in [-0.4, -0.2) is 60.2 Å². The minimum absolute atomic E-state index is 0. The fourth-order valence-electron chi connectivity index (χ4n) is 1.85. The molecule has 10 nitrogen and oxygen atoms in total. The highest BCUT2D eigenvalue weighted by molar-refractivity contribution is 14.0. The number of sulfone groups is 1. The maximum absolute atomic E-state index is 11.2. The third-order valence-corrected chi connectivity index (χ3v) is 4.06. The van der Waals surface area contributed by atoms with Gasteiger partial charge in [0.15, 0.2) is 5.96 Å². The first-order valence-electron chi connectivity index (χ1n) is 7.60. The zero-order valence-electron chi connectivity index (χ0n) is 14.5. The molecular weight excluding hydrogens is 463 g/mol. The summed E-state index contributed by atoms with van der Waals surface area (Å²) in [5.74, 6) is 0.678. The largest absolute Gasteiger partial charge is 0.357 e. The van der Waals surface area contributed by atoms with Gasteiger partial charge >= 0.3 is 5.69 Å². The van der Waals surface area contributed by atoms with E-state index in [9.17, 15) is 18.5 Å². The number of rotatable bonds is 9. The fourth-order valence-corrected chi connectivity index (χ4v) is 2.63. The molecule has 0 aromatic carbocycles. The molecule has 144 valence electrons. The quantitative estimate of drug-likeness (QED) is 0.173. The minimum Gasteiger partial charge on any atom is -0.357 e. The monoisotopic (exact) mass is 488 g/mol. The van der Waals surface area contributed by atoms with Crippen LogP contribution in [-0.2, 0) is 16.4 Å². The molecule has 0 spiro atoms. The summed E-state index contributed by atoms with van der Waals surface area (Å²) in [6.45, 7) is 5.26. The summed E-state index contributed by atoms with van der Waals surface area (Å²) < 4.78 is 23.8. The number of halogens is 1. The number of nitro groups is 1. The Labute approximate surface area is 164 Å². The van der Waals surface area contributed by atoms with E-state index in [0.717, 1.165) is 0 Å². The lowest BCUT2D eigenvalue weighted by Crippen LogP contribution is -2.43. The van der Waals surface area contributed by atoms with Gasteiger partial charge in [-0.25, -0.2) is 8.42 Å². The highest BCUT2D eigenvalue weighted by Gasteiger charge is 2.10. The van der Waals surface area contributed by atoms with Gasteiger partial charge in [0.2, 0.25) is 0 Å². The zero-order valence-corrected chi connectivity index (χ0v) is 17.7. The highest BCUT2D eigenvalue weighted by Crippen LogP contribution is 2.07.